The summed E-state index contributed by atoms with van der Waals surface area (Å²) in [6.07, 6.45) is 1.83. The Morgan fingerprint density at radius 2 is 1.96 bits per heavy atom. The number of β-amino-alcohol motifs (C(OH)–C–C–N with tert-alkyl or cyclic N) is 1. The van der Waals surface area contributed by atoms with Crippen LogP contribution in [0.25, 0.3) is 0 Å². The highest BCUT2D eigenvalue weighted by atomic mass is 32.2. The molecule has 1 saturated heterocycles. The highest BCUT2D eigenvalue weighted by Gasteiger charge is 2.35. The predicted molar refractivity (Wildman–Crippen MR) is 92.4 cm³/mol. The normalized spacial score (nSPS) is 20.5. The van der Waals surface area contributed by atoms with Crippen LogP contribution in [0.4, 0.5) is 4.79 Å². The molecule has 1 fully saturated rings. The summed E-state index contributed by atoms with van der Waals surface area (Å²) >= 11 is 0. The summed E-state index contributed by atoms with van der Waals surface area (Å²) in [7, 11) is -3.24. The summed E-state index contributed by atoms with van der Waals surface area (Å²) in [5.41, 5.74) is 0. The van der Waals surface area contributed by atoms with Gasteiger partial charge in [0.1, 0.15) is 5.75 Å². The first-order chi connectivity index (χ1) is 11.8. The monoisotopic (exact) mass is 371 g/mol. The van der Waals surface area contributed by atoms with E-state index in [1.54, 1.807) is 12.1 Å². The van der Waals surface area contributed by atoms with Gasteiger partial charge in [0.25, 0.3) is 0 Å². The van der Waals surface area contributed by atoms with Gasteiger partial charge in [-0.05, 0) is 30.7 Å². The number of amides is 1. The third-order valence-corrected chi connectivity index (χ3v) is 5.23. The zero-order chi connectivity index (χ0) is 18.4. The lowest BCUT2D eigenvalue weighted by atomic mass is 10.1. The molecule has 1 aromatic carbocycles. The number of ether oxygens (including phenoxy) is 2. The van der Waals surface area contributed by atoms with Crippen LogP contribution in [-0.4, -0.2) is 63.2 Å². The van der Waals surface area contributed by atoms with E-state index in [-0.39, 0.29) is 24.0 Å². The van der Waals surface area contributed by atoms with Crippen LogP contribution in [0.5, 0.6) is 5.75 Å². The van der Waals surface area contributed by atoms with Gasteiger partial charge in [0.15, 0.2) is 9.84 Å². The zero-order valence-electron chi connectivity index (χ0n) is 14.6. The number of nitrogens with zero attached hydrogens (tertiary/aromatic N) is 1. The zero-order valence-corrected chi connectivity index (χ0v) is 15.4. The maximum Gasteiger partial charge on any atom is 0.409 e. The van der Waals surface area contributed by atoms with Crippen molar-refractivity contribution in [3.05, 3.63) is 24.3 Å². The Bertz CT molecular complexity index is 673. The minimum atomic E-state index is -3.24. The Kier molecular flexibility index (Phi) is 6.66. The molecule has 1 aliphatic heterocycles. The highest BCUT2D eigenvalue weighted by molar-refractivity contribution is 7.90. The Balaban J connectivity index is 1.84. The van der Waals surface area contributed by atoms with Gasteiger partial charge in [-0.2, -0.15) is 0 Å². The molecule has 0 bridgehead atoms. The largest absolute Gasteiger partial charge is 0.493 e. The molecule has 2 unspecified atom stereocenters. The first-order valence-electron chi connectivity index (χ1n) is 8.34. The van der Waals surface area contributed by atoms with Gasteiger partial charge in [-0.3, -0.25) is 0 Å². The van der Waals surface area contributed by atoms with Crippen LogP contribution >= 0.6 is 0 Å². The van der Waals surface area contributed by atoms with Crippen LogP contribution in [0.2, 0.25) is 0 Å². The van der Waals surface area contributed by atoms with E-state index in [0.717, 1.165) is 19.1 Å². The van der Waals surface area contributed by atoms with Crippen molar-refractivity contribution < 1.29 is 27.8 Å². The quantitative estimate of drug-likeness (QED) is 0.733. The molecule has 0 aliphatic carbocycles. The summed E-state index contributed by atoms with van der Waals surface area (Å²) < 4.78 is 33.6. The summed E-state index contributed by atoms with van der Waals surface area (Å²) in [6.45, 7) is 3.23. The second kappa shape index (κ2) is 8.53. The number of aliphatic hydroxyl groups is 1. The number of carbonyl (C=O) groups is 1. The smallest absolute Gasteiger partial charge is 0.409 e. The SMILES string of the molecule is CCCCOC(=O)N1CC(O)C(COc2ccc(S(C)(=O)=O)cc2)C1. The maximum atomic E-state index is 11.9. The van der Waals surface area contributed by atoms with E-state index in [1.807, 2.05) is 6.92 Å². The lowest BCUT2D eigenvalue weighted by molar-refractivity contribution is 0.0987. The fraction of sp³-hybridized carbons (Fsp3) is 0.588. The van der Waals surface area contributed by atoms with E-state index in [1.165, 1.54) is 17.0 Å². The van der Waals surface area contributed by atoms with Gasteiger partial charge < -0.3 is 19.5 Å². The molecule has 2 rings (SSSR count). The van der Waals surface area contributed by atoms with E-state index < -0.39 is 22.0 Å². The summed E-state index contributed by atoms with van der Waals surface area (Å²) in [5.74, 6) is 0.303. The molecular weight excluding hydrogens is 346 g/mol. The first-order valence-corrected chi connectivity index (χ1v) is 10.2. The van der Waals surface area contributed by atoms with Gasteiger partial charge in [-0.25, -0.2) is 13.2 Å². The number of sulfone groups is 1. The van der Waals surface area contributed by atoms with Crippen molar-refractivity contribution in [2.75, 3.05) is 32.6 Å². The number of hydrogen-bond acceptors (Lipinski definition) is 6. The van der Waals surface area contributed by atoms with Crippen LogP contribution in [-0.2, 0) is 14.6 Å². The molecule has 1 aliphatic rings. The second-order valence-corrected chi connectivity index (χ2v) is 8.27. The number of benzene rings is 1. The van der Waals surface area contributed by atoms with Crippen LogP contribution < -0.4 is 4.74 Å². The van der Waals surface area contributed by atoms with Crippen molar-refractivity contribution in [3.8, 4) is 5.75 Å². The minimum absolute atomic E-state index is 0.215. The standard InChI is InChI=1S/C17H25NO6S/c1-3-4-9-23-17(20)18-10-13(16(19)11-18)12-24-14-5-7-15(8-6-14)25(2,21)22/h5-8,13,16,19H,3-4,9-12H2,1-2H3. The van der Waals surface area contributed by atoms with Gasteiger partial charge in [0.05, 0.1) is 30.8 Å². The van der Waals surface area contributed by atoms with Crippen molar-refractivity contribution in [1.29, 1.82) is 0 Å². The molecule has 0 saturated carbocycles. The van der Waals surface area contributed by atoms with Gasteiger partial charge >= 0.3 is 6.09 Å². The van der Waals surface area contributed by atoms with E-state index in [9.17, 15) is 18.3 Å². The maximum absolute atomic E-state index is 11.9. The van der Waals surface area contributed by atoms with Gasteiger partial charge in [-0.1, -0.05) is 13.3 Å². The Labute approximate surface area is 148 Å². The van der Waals surface area contributed by atoms with Gasteiger partial charge in [0.2, 0.25) is 0 Å². The van der Waals surface area contributed by atoms with E-state index in [4.69, 9.17) is 9.47 Å². The molecule has 140 valence electrons. The summed E-state index contributed by atoms with van der Waals surface area (Å²) in [6, 6.07) is 6.11. The molecule has 1 amide bonds. The Morgan fingerprint density at radius 3 is 2.56 bits per heavy atom. The van der Waals surface area contributed by atoms with Gasteiger partial charge in [-0.15, -0.1) is 0 Å². The number of carbonyl (C=O) groups excluding carboxylic acids is 1. The fourth-order valence-corrected chi connectivity index (χ4v) is 3.18. The molecule has 0 spiro atoms. The summed E-state index contributed by atoms with van der Waals surface area (Å²) in [5, 5.41) is 10.1. The average Bonchev–Trinajstić information content (AvgIpc) is 2.94. The number of unbranched alkanes of at least 4 members (excludes halogenated alkanes) is 1. The molecule has 2 atom stereocenters. The minimum Gasteiger partial charge on any atom is -0.493 e. The molecule has 1 heterocycles. The molecule has 25 heavy (non-hydrogen) atoms. The Morgan fingerprint density at radius 1 is 1.28 bits per heavy atom. The van der Waals surface area contributed by atoms with Crippen molar-refractivity contribution in [2.24, 2.45) is 5.92 Å². The van der Waals surface area contributed by atoms with E-state index >= 15 is 0 Å². The number of likely N-dealkylation sites (tertiary alicyclic amines) is 1. The fourth-order valence-electron chi connectivity index (χ4n) is 2.55. The lowest BCUT2D eigenvalue weighted by Gasteiger charge is -2.16. The number of rotatable bonds is 7. The molecule has 1 N–H and O–H groups in total. The van der Waals surface area contributed by atoms with Crippen molar-refractivity contribution in [1.82, 2.24) is 4.90 Å². The number of hydrogen-bond donors (Lipinski definition) is 1. The van der Waals surface area contributed by atoms with E-state index in [2.05, 4.69) is 0 Å². The molecule has 0 radical (unpaired) electrons. The van der Waals surface area contributed by atoms with Gasteiger partial charge in [0, 0.05) is 18.7 Å². The average molecular weight is 371 g/mol. The summed E-state index contributed by atoms with van der Waals surface area (Å²) in [4.78, 5) is 13.6. The van der Waals surface area contributed by atoms with Crippen LogP contribution in [0, 0.1) is 5.92 Å². The topological polar surface area (TPSA) is 93.1 Å². The predicted octanol–water partition coefficient (Wildman–Crippen LogP) is 1.70. The van der Waals surface area contributed by atoms with Crippen molar-refractivity contribution >= 4 is 15.9 Å². The van der Waals surface area contributed by atoms with Crippen LogP contribution in [0.1, 0.15) is 19.8 Å². The van der Waals surface area contributed by atoms with E-state index in [0.29, 0.717) is 18.9 Å². The first kappa shape index (κ1) is 19.5. The molecule has 1 aromatic rings. The molecular formula is C17H25NO6S. The van der Waals surface area contributed by atoms with Crippen LogP contribution in [0.15, 0.2) is 29.2 Å². The van der Waals surface area contributed by atoms with Crippen molar-refractivity contribution in [2.45, 2.75) is 30.8 Å². The Hall–Kier alpha value is -1.80. The third-order valence-electron chi connectivity index (χ3n) is 4.10. The second-order valence-electron chi connectivity index (χ2n) is 6.25. The third kappa shape index (κ3) is 5.61. The van der Waals surface area contributed by atoms with Crippen molar-refractivity contribution in [3.63, 3.8) is 0 Å². The number of aliphatic hydroxyl groups excluding tert-OH is 1. The molecule has 8 heteroatoms. The molecule has 7 nitrogen and oxygen atoms in total. The van der Waals surface area contributed by atoms with Crippen LogP contribution in [0.3, 0.4) is 0 Å². The molecule has 0 aromatic heterocycles. The lowest BCUT2D eigenvalue weighted by Crippen LogP contribution is -2.30. The highest BCUT2D eigenvalue weighted by Crippen LogP contribution is 2.21.